The lowest BCUT2D eigenvalue weighted by atomic mass is 10.1. The average molecular weight is 277 g/mol. The Balaban J connectivity index is 1.79. The molecule has 1 aromatic carbocycles. The minimum absolute atomic E-state index is 0.333. The minimum atomic E-state index is -0.333. The van der Waals surface area contributed by atoms with E-state index in [1.165, 1.54) is 0 Å². The fraction of sp³-hybridized carbons (Fsp3) is 0.533. The number of ether oxygens (including phenoxy) is 1. The summed E-state index contributed by atoms with van der Waals surface area (Å²) < 4.78 is 5.32. The van der Waals surface area contributed by atoms with E-state index in [9.17, 15) is 4.79 Å². The van der Waals surface area contributed by atoms with Crippen LogP contribution in [0.25, 0.3) is 0 Å². The number of nitrogen functional groups attached to an aromatic ring is 1. The number of anilines is 1. The van der Waals surface area contributed by atoms with Crippen LogP contribution >= 0.6 is 0 Å². The Kier molecular flexibility index (Phi) is 4.98. The highest BCUT2D eigenvalue weighted by Crippen LogP contribution is 2.17. The molecule has 2 N–H and O–H groups in total. The Morgan fingerprint density at radius 2 is 2.00 bits per heavy atom. The van der Waals surface area contributed by atoms with Crippen LogP contribution in [0.4, 0.5) is 5.69 Å². The smallest absolute Gasteiger partial charge is 0.340 e. The number of para-hydroxylation sites is 1. The second-order valence-electron chi connectivity index (χ2n) is 5.32. The Bertz CT molecular complexity index is 468. The maximum Gasteiger partial charge on any atom is 0.340 e. The molecule has 1 aliphatic rings. The standard InChI is InChI=1S/C15H23N3O2/c1-12-4-3-5-13(14(12)16)15(19)20-11-10-18-8-6-17(2)7-9-18/h3-5H,6-11,16H2,1-2H3. The molecule has 0 amide bonds. The van der Waals surface area contributed by atoms with Gasteiger partial charge in [0.05, 0.1) is 5.56 Å². The van der Waals surface area contributed by atoms with Crippen molar-refractivity contribution in [1.29, 1.82) is 0 Å². The Labute approximate surface area is 120 Å². The number of esters is 1. The summed E-state index contributed by atoms with van der Waals surface area (Å²) >= 11 is 0. The summed E-state index contributed by atoms with van der Waals surface area (Å²) in [6.45, 7) is 7.27. The summed E-state index contributed by atoms with van der Waals surface area (Å²) in [5.74, 6) is -0.333. The third-order valence-corrected chi connectivity index (χ3v) is 3.78. The summed E-state index contributed by atoms with van der Waals surface area (Å²) in [5.41, 5.74) is 7.77. The number of benzene rings is 1. The molecule has 0 spiro atoms. The normalized spacial score (nSPS) is 17.1. The Hall–Kier alpha value is -1.59. The number of likely N-dealkylation sites (N-methyl/N-ethyl adjacent to an activating group) is 1. The van der Waals surface area contributed by atoms with Gasteiger partial charge >= 0.3 is 5.97 Å². The van der Waals surface area contributed by atoms with Crippen molar-refractivity contribution in [2.75, 3.05) is 52.1 Å². The number of nitrogens with two attached hydrogens (primary N) is 1. The number of hydrogen-bond acceptors (Lipinski definition) is 5. The van der Waals surface area contributed by atoms with E-state index >= 15 is 0 Å². The topological polar surface area (TPSA) is 58.8 Å². The largest absolute Gasteiger partial charge is 0.461 e. The van der Waals surface area contributed by atoms with Gasteiger partial charge in [0.15, 0.2) is 0 Å². The number of carbonyl (C=O) groups excluding carboxylic acids is 1. The van der Waals surface area contributed by atoms with E-state index in [2.05, 4.69) is 16.8 Å². The molecule has 1 heterocycles. The molecule has 0 aliphatic carbocycles. The van der Waals surface area contributed by atoms with Crippen molar-refractivity contribution >= 4 is 11.7 Å². The molecule has 5 nitrogen and oxygen atoms in total. The molecule has 110 valence electrons. The molecule has 0 aromatic heterocycles. The lowest BCUT2D eigenvalue weighted by Crippen LogP contribution is -2.45. The molecular weight excluding hydrogens is 254 g/mol. The molecule has 0 radical (unpaired) electrons. The highest BCUT2D eigenvalue weighted by Gasteiger charge is 2.15. The Morgan fingerprint density at radius 3 is 2.70 bits per heavy atom. The first-order valence-electron chi connectivity index (χ1n) is 7.01. The third kappa shape index (κ3) is 3.71. The molecule has 0 saturated carbocycles. The van der Waals surface area contributed by atoms with Crippen LogP contribution in [0.1, 0.15) is 15.9 Å². The van der Waals surface area contributed by atoms with Crippen molar-refractivity contribution in [1.82, 2.24) is 9.80 Å². The molecule has 0 bridgehead atoms. The Morgan fingerprint density at radius 1 is 1.30 bits per heavy atom. The average Bonchev–Trinajstić information content (AvgIpc) is 2.44. The highest BCUT2D eigenvalue weighted by molar-refractivity contribution is 5.95. The number of piperazine rings is 1. The van der Waals surface area contributed by atoms with E-state index < -0.39 is 0 Å². The van der Waals surface area contributed by atoms with Crippen LogP contribution in [0.5, 0.6) is 0 Å². The van der Waals surface area contributed by atoms with Gasteiger partial charge in [0.25, 0.3) is 0 Å². The summed E-state index contributed by atoms with van der Waals surface area (Å²) in [7, 11) is 2.12. The maximum absolute atomic E-state index is 12.0. The molecule has 1 saturated heterocycles. The predicted molar refractivity (Wildman–Crippen MR) is 79.8 cm³/mol. The van der Waals surface area contributed by atoms with Crippen LogP contribution in [-0.4, -0.2) is 62.1 Å². The van der Waals surface area contributed by atoms with Gasteiger partial charge < -0.3 is 15.4 Å². The van der Waals surface area contributed by atoms with Crippen LogP contribution in [0.15, 0.2) is 18.2 Å². The molecule has 0 atom stereocenters. The molecule has 2 rings (SSSR count). The van der Waals surface area contributed by atoms with Gasteiger partial charge in [-0.15, -0.1) is 0 Å². The fourth-order valence-corrected chi connectivity index (χ4v) is 2.28. The zero-order chi connectivity index (χ0) is 14.5. The van der Waals surface area contributed by atoms with Gasteiger partial charge in [-0.3, -0.25) is 4.90 Å². The van der Waals surface area contributed by atoms with Gasteiger partial charge in [0.2, 0.25) is 0 Å². The molecule has 5 heteroatoms. The van der Waals surface area contributed by atoms with Crippen LogP contribution in [0.2, 0.25) is 0 Å². The van der Waals surface area contributed by atoms with Gasteiger partial charge in [-0.2, -0.15) is 0 Å². The molecule has 1 fully saturated rings. The number of hydrogen-bond donors (Lipinski definition) is 1. The predicted octanol–water partition coefficient (Wildman–Crippen LogP) is 0.981. The van der Waals surface area contributed by atoms with Crippen molar-refractivity contribution in [2.24, 2.45) is 0 Å². The van der Waals surface area contributed by atoms with Crippen LogP contribution in [0.3, 0.4) is 0 Å². The zero-order valence-corrected chi connectivity index (χ0v) is 12.3. The minimum Gasteiger partial charge on any atom is -0.461 e. The van der Waals surface area contributed by atoms with E-state index in [1.807, 2.05) is 19.1 Å². The van der Waals surface area contributed by atoms with Crippen molar-refractivity contribution in [3.8, 4) is 0 Å². The lowest BCUT2D eigenvalue weighted by Gasteiger charge is -2.32. The summed E-state index contributed by atoms with van der Waals surface area (Å²) in [6, 6.07) is 5.42. The van der Waals surface area contributed by atoms with Crippen molar-refractivity contribution in [2.45, 2.75) is 6.92 Å². The summed E-state index contributed by atoms with van der Waals surface area (Å²) in [4.78, 5) is 16.6. The van der Waals surface area contributed by atoms with Crippen LogP contribution in [0, 0.1) is 6.92 Å². The van der Waals surface area contributed by atoms with Gasteiger partial charge in [-0.05, 0) is 25.6 Å². The third-order valence-electron chi connectivity index (χ3n) is 3.78. The van der Waals surface area contributed by atoms with E-state index in [-0.39, 0.29) is 5.97 Å². The second kappa shape index (κ2) is 6.72. The number of nitrogens with zero attached hydrogens (tertiary/aromatic N) is 2. The van der Waals surface area contributed by atoms with Crippen LogP contribution < -0.4 is 5.73 Å². The number of rotatable bonds is 4. The van der Waals surface area contributed by atoms with Crippen LogP contribution in [-0.2, 0) is 4.74 Å². The number of carbonyl (C=O) groups is 1. The van der Waals surface area contributed by atoms with Crippen molar-refractivity contribution in [3.05, 3.63) is 29.3 Å². The fourth-order valence-electron chi connectivity index (χ4n) is 2.28. The van der Waals surface area contributed by atoms with Crippen molar-refractivity contribution in [3.63, 3.8) is 0 Å². The first-order valence-corrected chi connectivity index (χ1v) is 7.01. The highest BCUT2D eigenvalue weighted by atomic mass is 16.5. The van der Waals surface area contributed by atoms with E-state index in [0.29, 0.717) is 17.9 Å². The van der Waals surface area contributed by atoms with E-state index in [0.717, 1.165) is 38.3 Å². The molecule has 0 unspecified atom stereocenters. The summed E-state index contributed by atoms with van der Waals surface area (Å²) in [6.07, 6.45) is 0. The second-order valence-corrected chi connectivity index (χ2v) is 5.32. The maximum atomic E-state index is 12.0. The zero-order valence-electron chi connectivity index (χ0n) is 12.3. The molecule has 20 heavy (non-hydrogen) atoms. The first-order chi connectivity index (χ1) is 9.58. The van der Waals surface area contributed by atoms with Crippen molar-refractivity contribution < 1.29 is 9.53 Å². The SMILES string of the molecule is Cc1cccc(C(=O)OCCN2CCN(C)CC2)c1N. The molecule has 1 aromatic rings. The summed E-state index contributed by atoms with van der Waals surface area (Å²) in [5, 5.41) is 0. The molecule has 1 aliphatic heterocycles. The van der Waals surface area contributed by atoms with Gasteiger partial charge in [-0.25, -0.2) is 4.79 Å². The van der Waals surface area contributed by atoms with E-state index in [1.54, 1.807) is 6.07 Å². The number of aryl methyl sites for hydroxylation is 1. The first kappa shape index (κ1) is 14.8. The lowest BCUT2D eigenvalue weighted by molar-refractivity contribution is 0.0433. The van der Waals surface area contributed by atoms with Gasteiger partial charge in [0.1, 0.15) is 6.61 Å². The van der Waals surface area contributed by atoms with E-state index in [4.69, 9.17) is 10.5 Å². The molecular formula is C15H23N3O2. The quantitative estimate of drug-likeness (QED) is 0.657. The van der Waals surface area contributed by atoms with Gasteiger partial charge in [-0.1, -0.05) is 12.1 Å². The van der Waals surface area contributed by atoms with Gasteiger partial charge in [0, 0.05) is 38.4 Å². The monoisotopic (exact) mass is 277 g/mol.